The zero-order valence-corrected chi connectivity index (χ0v) is 35.6. The van der Waals surface area contributed by atoms with Gasteiger partial charge in [0.05, 0.1) is 26.7 Å². The van der Waals surface area contributed by atoms with Crippen molar-refractivity contribution in [1.82, 2.24) is 20.1 Å². The van der Waals surface area contributed by atoms with E-state index >= 15 is 0 Å². The predicted octanol–water partition coefficient (Wildman–Crippen LogP) is 8.40. The summed E-state index contributed by atoms with van der Waals surface area (Å²) in [5.41, 5.74) is 12.7. The van der Waals surface area contributed by atoms with Gasteiger partial charge in [-0.15, -0.1) is 11.3 Å². The van der Waals surface area contributed by atoms with Crippen molar-refractivity contribution in [2.45, 2.75) is 91.0 Å². The van der Waals surface area contributed by atoms with Crippen molar-refractivity contribution in [3.63, 3.8) is 0 Å². The molecule has 2 amide bonds. The number of aryl methyl sites for hydroxylation is 1. The van der Waals surface area contributed by atoms with Gasteiger partial charge in [-0.25, -0.2) is 4.98 Å². The first kappa shape index (κ1) is 41.4. The largest absolute Gasteiger partial charge is 0.489 e. The molecule has 0 radical (unpaired) electrons. The molecule has 3 N–H and O–H groups in total. The second-order valence-corrected chi connectivity index (χ2v) is 18.5. The van der Waals surface area contributed by atoms with Gasteiger partial charge in [-0.2, -0.15) is 5.26 Å². The van der Waals surface area contributed by atoms with E-state index in [4.69, 9.17) is 22.1 Å². The van der Waals surface area contributed by atoms with Crippen LogP contribution in [0.3, 0.4) is 0 Å². The van der Waals surface area contributed by atoms with Crippen LogP contribution in [0.25, 0.3) is 10.4 Å². The van der Waals surface area contributed by atoms with Crippen LogP contribution in [-0.2, 0) is 4.79 Å². The van der Waals surface area contributed by atoms with Gasteiger partial charge in [0.15, 0.2) is 0 Å². The highest BCUT2D eigenvalue weighted by Gasteiger charge is 2.64. The van der Waals surface area contributed by atoms with Gasteiger partial charge in [-0.1, -0.05) is 75.4 Å². The molecule has 9 nitrogen and oxygen atoms in total. The molecule has 1 aromatic heterocycles. The summed E-state index contributed by atoms with van der Waals surface area (Å²) in [7, 11) is 0. The van der Waals surface area contributed by atoms with Gasteiger partial charge in [-0.05, 0) is 93.2 Å². The molecule has 1 saturated carbocycles. The Hall–Kier alpha value is -4.71. The lowest BCUT2D eigenvalue weighted by Gasteiger charge is -2.63. The van der Waals surface area contributed by atoms with E-state index < -0.39 is 0 Å². The molecule has 2 aliphatic heterocycles. The molecule has 0 spiro atoms. The number of hydrogen-bond donors (Lipinski definition) is 2. The number of rotatable bonds is 9. The van der Waals surface area contributed by atoms with Crippen LogP contribution in [0.15, 0.2) is 72.2 Å². The number of likely N-dealkylation sites (tertiary alicyclic amines) is 2. The maximum Gasteiger partial charge on any atom is 0.251 e. The van der Waals surface area contributed by atoms with E-state index in [9.17, 15) is 14.9 Å². The SMILES string of the molecule is Cc1ncsc1-c1ccc([C@@H](N)CC(=O)N2CCC(N3CCC(C#Cc4ccc(C(=O)NC5C(C)(C)C(Oc6ccc(C#N)c(Cl)c6)C5(C)C)cc4)CC3)CC2)cc1. The van der Waals surface area contributed by atoms with Crippen molar-refractivity contribution >= 4 is 34.8 Å². The number of nitrogens with two attached hydrogens (primary N) is 1. The second kappa shape index (κ2) is 17.3. The number of amides is 2. The van der Waals surface area contributed by atoms with Crippen LogP contribution in [-0.4, -0.2) is 71.0 Å². The van der Waals surface area contributed by atoms with E-state index in [-0.39, 0.29) is 40.8 Å². The number of nitriles is 1. The molecule has 1 atom stereocenters. The van der Waals surface area contributed by atoms with E-state index in [1.165, 1.54) is 0 Å². The average Bonchev–Trinajstić information content (AvgIpc) is 3.66. The van der Waals surface area contributed by atoms with Crippen LogP contribution in [0.1, 0.15) is 98.6 Å². The minimum absolute atomic E-state index is 0.121. The average molecular weight is 817 g/mol. The maximum absolute atomic E-state index is 13.4. The van der Waals surface area contributed by atoms with E-state index in [0.29, 0.717) is 40.3 Å². The third-order valence-corrected chi connectivity index (χ3v) is 13.9. The van der Waals surface area contributed by atoms with Gasteiger partial charge in [0.1, 0.15) is 17.9 Å². The number of benzene rings is 3. The lowest BCUT2D eigenvalue weighted by molar-refractivity contribution is -0.164. The summed E-state index contributed by atoms with van der Waals surface area (Å²) in [6, 6.07) is 23.0. The smallest absolute Gasteiger partial charge is 0.251 e. The quantitative estimate of drug-likeness (QED) is 0.163. The number of nitrogens with zero attached hydrogens (tertiary/aromatic N) is 4. The Morgan fingerprint density at radius 3 is 2.26 bits per heavy atom. The molecule has 1 aliphatic carbocycles. The summed E-state index contributed by atoms with van der Waals surface area (Å²) in [5, 5.41) is 12.8. The van der Waals surface area contributed by atoms with Gasteiger partial charge in [-0.3, -0.25) is 9.59 Å². The highest BCUT2D eigenvalue weighted by Crippen LogP contribution is 2.55. The summed E-state index contributed by atoms with van der Waals surface area (Å²) in [4.78, 5) is 36.7. The van der Waals surface area contributed by atoms with E-state index in [1.54, 1.807) is 29.5 Å². The molecule has 0 bridgehead atoms. The molecule has 3 aliphatic rings. The maximum atomic E-state index is 13.4. The number of carbonyl (C=O) groups excluding carboxylic acids is 2. The molecule has 11 heteroatoms. The van der Waals surface area contributed by atoms with Crippen molar-refractivity contribution < 1.29 is 14.3 Å². The van der Waals surface area contributed by atoms with Crippen LogP contribution in [0, 0.1) is 46.8 Å². The number of ether oxygens (including phenoxy) is 1. The molecule has 58 heavy (non-hydrogen) atoms. The molecule has 3 heterocycles. The van der Waals surface area contributed by atoms with E-state index in [0.717, 1.165) is 79.1 Å². The topological polar surface area (TPSA) is 125 Å². The highest BCUT2D eigenvalue weighted by molar-refractivity contribution is 7.13. The molecular weight excluding hydrogens is 764 g/mol. The molecule has 3 aromatic carbocycles. The van der Waals surface area contributed by atoms with Crippen LogP contribution in [0.2, 0.25) is 5.02 Å². The van der Waals surface area contributed by atoms with Crippen molar-refractivity contribution in [2.75, 3.05) is 26.2 Å². The third-order valence-electron chi connectivity index (χ3n) is 12.6. The fraction of sp³-hybridized carbons (Fsp3) is 0.447. The van der Waals surface area contributed by atoms with Crippen LogP contribution >= 0.6 is 22.9 Å². The van der Waals surface area contributed by atoms with E-state index in [1.807, 2.05) is 53.7 Å². The lowest BCUT2D eigenvalue weighted by Crippen LogP contribution is -2.74. The van der Waals surface area contributed by atoms with Crippen molar-refractivity contribution in [3.8, 4) is 34.1 Å². The Labute approximate surface area is 351 Å². The molecule has 3 fully saturated rings. The van der Waals surface area contributed by atoms with E-state index in [2.05, 4.69) is 72.9 Å². The Bertz CT molecular complexity index is 2200. The van der Waals surface area contributed by atoms with Crippen molar-refractivity contribution in [3.05, 3.63) is 105 Å². The van der Waals surface area contributed by atoms with Gasteiger partial charge < -0.3 is 25.6 Å². The summed E-state index contributed by atoms with van der Waals surface area (Å²) in [5.74, 6) is 7.81. The van der Waals surface area contributed by atoms with Gasteiger partial charge >= 0.3 is 0 Å². The van der Waals surface area contributed by atoms with Crippen LogP contribution < -0.4 is 15.8 Å². The minimum Gasteiger partial charge on any atom is -0.489 e. The highest BCUT2D eigenvalue weighted by atomic mass is 35.5. The first-order valence-electron chi connectivity index (χ1n) is 20.3. The molecule has 7 rings (SSSR count). The van der Waals surface area contributed by atoms with Gasteiger partial charge in [0.25, 0.3) is 5.91 Å². The fourth-order valence-corrected chi connectivity index (χ4v) is 10.5. The molecule has 2 saturated heterocycles. The molecule has 0 unspecified atom stereocenters. The van der Waals surface area contributed by atoms with Crippen LogP contribution in [0.4, 0.5) is 0 Å². The Morgan fingerprint density at radius 1 is 0.983 bits per heavy atom. The Kier molecular flexibility index (Phi) is 12.3. The number of carbonyl (C=O) groups is 2. The first-order chi connectivity index (χ1) is 27.7. The predicted molar refractivity (Wildman–Crippen MR) is 230 cm³/mol. The summed E-state index contributed by atoms with van der Waals surface area (Å²) in [6.45, 7) is 14.0. The number of thiazole rings is 1. The Balaban J connectivity index is 0.834. The standard InChI is InChI=1S/C47H53ClN6O3S/c1-30-42(58-29-51-30)34-14-12-33(13-15-34)40(50)27-41(55)54-24-20-37(21-25-54)53-22-18-32(19-23-53)7-6-31-8-10-35(11-9-31)43(56)52-44-46(2,3)45(47(44,4)5)57-38-17-16-36(28-49)39(48)26-38/h8-17,26,29,32,37,40,44-45H,18-25,27,50H2,1-5H3,(H,52,56)/t40-,44?,45?/m0/s1. The molecular formula is C47H53ClN6O3S. The number of hydrogen-bond acceptors (Lipinski definition) is 8. The number of aromatic nitrogens is 1. The normalized spacial score (nSPS) is 21.2. The summed E-state index contributed by atoms with van der Waals surface area (Å²) < 4.78 is 6.37. The van der Waals surface area contributed by atoms with Gasteiger partial charge in [0, 0.05) is 71.6 Å². The molecule has 4 aromatic rings. The number of piperidine rings is 2. The number of nitrogens with one attached hydrogen (secondary N) is 1. The minimum atomic E-state index is -0.345. The third kappa shape index (κ3) is 8.82. The van der Waals surface area contributed by atoms with Crippen molar-refractivity contribution in [1.29, 1.82) is 5.26 Å². The van der Waals surface area contributed by atoms with Crippen molar-refractivity contribution in [2.24, 2.45) is 22.5 Å². The van der Waals surface area contributed by atoms with Crippen LogP contribution in [0.5, 0.6) is 5.75 Å². The second-order valence-electron chi connectivity index (χ2n) is 17.3. The fourth-order valence-electron chi connectivity index (χ4n) is 9.49. The number of halogens is 1. The summed E-state index contributed by atoms with van der Waals surface area (Å²) in [6.07, 6.45) is 4.16. The zero-order chi connectivity index (χ0) is 41.2. The van der Waals surface area contributed by atoms with Gasteiger partial charge in [0.2, 0.25) is 5.91 Å². The lowest BCUT2D eigenvalue weighted by atomic mass is 9.49. The Morgan fingerprint density at radius 2 is 1.66 bits per heavy atom. The zero-order valence-electron chi connectivity index (χ0n) is 34.1. The monoisotopic (exact) mass is 816 g/mol. The molecule has 302 valence electrons. The first-order valence-corrected chi connectivity index (χ1v) is 21.6. The summed E-state index contributed by atoms with van der Waals surface area (Å²) >= 11 is 7.88.